The van der Waals surface area contributed by atoms with Crippen LogP contribution in [0.5, 0.6) is 0 Å². The normalized spacial score (nSPS) is 17.2. The lowest BCUT2D eigenvalue weighted by Gasteiger charge is -2.20. The van der Waals surface area contributed by atoms with Gasteiger partial charge in [0.1, 0.15) is 5.82 Å². The highest BCUT2D eigenvalue weighted by Crippen LogP contribution is 2.51. The highest BCUT2D eigenvalue weighted by molar-refractivity contribution is 7.89. The molecule has 0 heterocycles. The molecule has 1 aromatic carbocycles. The van der Waals surface area contributed by atoms with Gasteiger partial charge in [0.2, 0.25) is 10.0 Å². The summed E-state index contributed by atoms with van der Waals surface area (Å²) < 4.78 is 41.2. The number of aryl methyl sites for hydroxylation is 1. The number of halogens is 1. The van der Waals surface area contributed by atoms with E-state index in [0.717, 1.165) is 12.8 Å². The number of benzene rings is 1. The Hall–Kier alpha value is -0.980. The molecule has 0 atom stereocenters. The van der Waals surface area contributed by atoms with Gasteiger partial charge in [-0.05, 0) is 48.8 Å². The van der Waals surface area contributed by atoms with E-state index in [9.17, 15) is 12.8 Å². The minimum Gasteiger partial charge on any atom is -0.326 e. The van der Waals surface area contributed by atoms with Crippen molar-refractivity contribution in [3.8, 4) is 0 Å². The first-order valence-corrected chi connectivity index (χ1v) is 8.69. The monoisotopic (exact) mass is 314 g/mol. The summed E-state index contributed by atoms with van der Waals surface area (Å²) in [5.41, 5.74) is 6.07. The second-order valence-electron chi connectivity index (χ2n) is 6.26. The average Bonchev–Trinajstić information content (AvgIpc) is 3.20. The van der Waals surface area contributed by atoms with Crippen molar-refractivity contribution in [2.75, 3.05) is 6.54 Å². The molecule has 118 valence electrons. The summed E-state index contributed by atoms with van der Waals surface area (Å²) >= 11 is 0. The van der Waals surface area contributed by atoms with Crippen LogP contribution >= 0.6 is 0 Å². The van der Waals surface area contributed by atoms with Gasteiger partial charge in [0, 0.05) is 18.7 Å². The number of nitrogens with two attached hydrogens (primary N) is 1. The Morgan fingerprint density at radius 1 is 1.38 bits per heavy atom. The molecule has 1 aliphatic rings. The third-order valence-corrected chi connectivity index (χ3v) is 5.95. The van der Waals surface area contributed by atoms with Gasteiger partial charge in [-0.15, -0.1) is 0 Å². The zero-order valence-corrected chi connectivity index (χ0v) is 13.6. The molecule has 0 bridgehead atoms. The summed E-state index contributed by atoms with van der Waals surface area (Å²) in [6.45, 7) is 6.17. The molecule has 2 rings (SSSR count). The largest absolute Gasteiger partial charge is 0.326 e. The first-order valence-electron chi connectivity index (χ1n) is 7.20. The van der Waals surface area contributed by atoms with E-state index in [-0.39, 0.29) is 22.4 Å². The molecule has 0 aromatic heterocycles. The van der Waals surface area contributed by atoms with Crippen LogP contribution in [-0.4, -0.2) is 15.0 Å². The van der Waals surface area contributed by atoms with Crippen molar-refractivity contribution in [2.24, 2.45) is 17.1 Å². The number of hydrogen-bond acceptors (Lipinski definition) is 3. The van der Waals surface area contributed by atoms with Crippen molar-refractivity contribution in [1.82, 2.24) is 4.72 Å². The van der Waals surface area contributed by atoms with Crippen molar-refractivity contribution in [1.29, 1.82) is 0 Å². The predicted molar refractivity (Wildman–Crippen MR) is 80.7 cm³/mol. The van der Waals surface area contributed by atoms with E-state index in [1.165, 1.54) is 12.1 Å². The van der Waals surface area contributed by atoms with E-state index in [1.807, 2.05) is 0 Å². The average molecular weight is 314 g/mol. The Morgan fingerprint density at radius 3 is 2.48 bits per heavy atom. The van der Waals surface area contributed by atoms with Crippen LogP contribution in [0.15, 0.2) is 17.0 Å². The van der Waals surface area contributed by atoms with Gasteiger partial charge in [-0.25, -0.2) is 17.5 Å². The summed E-state index contributed by atoms with van der Waals surface area (Å²) in [6, 6.07) is 2.67. The predicted octanol–water partition coefficient (Wildman–Crippen LogP) is 2.31. The minimum absolute atomic E-state index is 0.0219. The summed E-state index contributed by atoms with van der Waals surface area (Å²) in [7, 11) is -3.63. The standard InChI is InChI=1S/C15H23FN2O2S/c1-10(2)15(4-5-15)9-18-21(19,20)13-6-11(3)14(16)12(7-13)8-17/h6-7,10,18H,4-5,8-9,17H2,1-3H3. The van der Waals surface area contributed by atoms with Gasteiger partial charge in [0.05, 0.1) is 4.90 Å². The molecular formula is C15H23FN2O2S. The zero-order valence-electron chi connectivity index (χ0n) is 12.7. The quantitative estimate of drug-likeness (QED) is 0.846. The first-order chi connectivity index (χ1) is 9.72. The van der Waals surface area contributed by atoms with E-state index >= 15 is 0 Å². The molecule has 0 aliphatic heterocycles. The van der Waals surface area contributed by atoms with Gasteiger partial charge in [-0.1, -0.05) is 13.8 Å². The van der Waals surface area contributed by atoms with Crippen molar-refractivity contribution in [2.45, 2.75) is 45.1 Å². The van der Waals surface area contributed by atoms with Crippen molar-refractivity contribution < 1.29 is 12.8 Å². The minimum atomic E-state index is -3.63. The van der Waals surface area contributed by atoms with Crippen LogP contribution in [0.3, 0.4) is 0 Å². The first kappa shape index (κ1) is 16.4. The summed E-state index contributed by atoms with van der Waals surface area (Å²) in [5.74, 6) is 0.00653. The van der Waals surface area contributed by atoms with Crippen molar-refractivity contribution in [3.05, 3.63) is 29.1 Å². The van der Waals surface area contributed by atoms with E-state index in [1.54, 1.807) is 6.92 Å². The number of hydrogen-bond donors (Lipinski definition) is 2. The fourth-order valence-corrected chi connectivity index (χ4v) is 3.82. The topological polar surface area (TPSA) is 72.2 Å². The van der Waals surface area contributed by atoms with Crippen LogP contribution in [-0.2, 0) is 16.6 Å². The Morgan fingerprint density at radius 2 is 2.00 bits per heavy atom. The van der Waals surface area contributed by atoms with Gasteiger partial charge in [0.15, 0.2) is 0 Å². The third kappa shape index (κ3) is 3.27. The van der Waals surface area contributed by atoms with Crippen LogP contribution in [0.25, 0.3) is 0 Å². The van der Waals surface area contributed by atoms with Crippen LogP contribution < -0.4 is 10.5 Å². The lowest BCUT2D eigenvalue weighted by Crippen LogP contribution is -2.32. The Labute approximate surface area is 126 Å². The molecule has 21 heavy (non-hydrogen) atoms. The highest BCUT2D eigenvalue weighted by Gasteiger charge is 2.45. The maximum atomic E-state index is 13.8. The summed E-state index contributed by atoms with van der Waals surface area (Å²) in [6.07, 6.45) is 2.09. The molecule has 4 nitrogen and oxygen atoms in total. The fourth-order valence-electron chi connectivity index (χ4n) is 2.55. The Kier molecular flexibility index (Phi) is 4.42. The van der Waals surface area contributed by atoms with E-state index in [2.05, 4.69) is 18.6 Å². The molecule has 6 heteroatoms. The molecule has 0 spiro atoms. The SMILES string of the molecule is Cc1cc(S(=O)(=O)NCC2(C(C)C)CC2)cc(CN)c1F. The Balaban J connectivity index is 2.22. The molecular weight excluding hydrogens is 291 g/mol. The van der Waals surface area contributed by atoms with Gasteiger partial charge in [-0.3, -0.25) is 0 Å². The lowest BCUT2D eigenvalue weighted by molar-refractivity contribution is 0.357. The molecule has 0 saturated heterocycles. The van der Waals surface area contributed by atoms with Crippen LogP contribution in [0.4, 0.5) is 4.39 Å². The fraction of sp³-hybridized carbons (Fsp3) is 0.600. The second kappa shape index (κ2) is 5.66. The molecule has 1 aromatic rings. The van der Waals surface area contributed by atoms with Gasteiger partial charge in [0.25, 0.3) is 0 Å². The maximum absolute atomic E-state index is 13.8. The third-order valence-electron chi connectivity index (χ3n) is 4.56. The maximum Gasteiger partial charge on any atom is 0.240 e. The molecule has 3 N–H and O–H groups in total. The number of rotatable bonds is 6. The van der Waals surface area contributed by atoms with Crippen LogP contribution in [0.1, 0.15) is 37.8 Å². The molecule has 1 saturated carbocycles. The summed E-state index contributed by atoms with van der Waals surface area (Å²) in [4.78, 5) is 0.0846. The smallest absolute Gasteiger partial charge is 0.240 e. The zero-order chi connectivity index (χ0) is 15.8. The van der Waals surface area contributed by atoms with Crippen LogP contribution in [0.2, 0.25) is 0 Å². The highest BCUT2D eigenvalue weighted by atomic mass is 32.2. The molecule has 0 amide bonds. The van der Waals surface area contributed by atoms with Gasteiger partial charge in [-0.2, -0.15) is 0 Å². The number of sulfonamides is 1. The van der Waals surface area contributed by atoms with Crippen LogP contribution in [0, 0.1) is 24.1 Å². The van der Waals surface area contributed by atoms with E-state index in [0.29, 0.717) is 18.0 Å². The lowest BCUT2D eigenvalue weighted by atomic mass is 9.93. The molecule has 0 radical (unpaired) electrons. The van der Waals surface area contributed by atoms with Crippen molar-refractivity contribution >= 4 is 10.0 Å². The summed E-state index contributed by atoms with van der Waals surface area (Å²) in [5, 5.41) is 0. The molecule has 1 aliphatic carbocycles. The number of nitrogens with one attached hydrogen (secondary N) is 1. The van der Waals surface area contributed by atoms with E-state index < -0.39 is 15.8 Å². The van der Waals surface area contributed by atoms with E-state index in [4.69, 9.17) is 5.73 Å². The second-order valence-corrected chi connectivity index (χ2v) is 8.03. The Bertz CT molecular complexity index is 637. The molecule has 1 fully saturated rings. The molecule has 0 unspecified atom stereocenters. The van der Waals surface area contributed by atoms with Crippen molar-refractivity contribution in [3.63, 3.8) is 0 Å². The van der Waals surface area contributed by atoms with Gasteiger partial charge < -0.3 is 5.73 Å². The van der Waals surface area contributed by atoms with Gasteiger partial charge >= 0.3 is 0 Å².